The topological polar surface area (TPSA) is 107 Å². The third kappa shape index (κ3) is 1.92. The van der Waals surface area contributed by atoms with E-state index in [1.165, 1.54) is 0 Å². The van der Waals surface area contributed by atoms with Crippen molar-refractivity contribution in [2.75, 3.05) is 11.9 Å². The van der Waals surface area contributed by atoms with Gasteiger partial charge in [0, 0.05) is 6.04 Å². The number of carbonyl (C=O) groups excluding carboxylic acids is 1. The van der Waals surface area contributed by atoms with E-state index in [4.69, 9.17) is 23.1 Å². The lowest BCUT2D eigenvalue weighted by atomic mass is 9.45. The first-order chi connectivity index (χ1) is 9.52. The maximum absolute atomic E-state index is 13.7. The molecule has 0 aliphatic heterocycles. The lowest BCUT2D eigenvalue weighted by Gasteiger charge is -2.62. The maximum Gasteiger partial charge on any atom is 0.224 e. The highest BCUT2D eigenvalue weighted by molar-refractivity contribution is 6.28. The molecular formula is C12H15ClFN5O. The second-order valence-electron chi connectivity index (χ2n) is 5.41. The molecule has 0 aromatic carbocycles. The number of aromatic nitrogens is 2. The summed E-state index contributed by atoms with van der Waals surface area (Å²) < 4.78 is 13.7. The summed E-state index contributed by atoms with van der Waals surface area (Å²) in [5, 5.41) is 2.90. The Morgan fingerprint density at radius 2 is 2.35 bits per heavy atom. The summed E-state index contributed by atoms with van der Waals surface area (Å²) >= 11 is 5.65. The summed E-state index contributed by atoms with van der Waals surface area (Å²) in [6.07, 6.45) is 1.90. The van der Waals surface area contributed by atoms with E-state index in [0.29, 0.717) is 12.5 Å². The molecule has 5 atom stereocenters. The van der Waals surface area contributed by atoms with E-state index in [9.17, 15) is 9.18 Å². The number of primary amides is 1. The summed E-state index contributed by atoms with van der Waals surface area (Å²) in [7, 11) is 0. The number of carbonyl (C=O) groups is 1. The van der Waals surface area contributed by atoms with Gasteiger partial charge in [0.1, 0.15) is 0 Å². The lowest BCUT2D eigenvalue weighted by Crippen LogP contribution is -2.69. The van der Waals surface area contributed by atoms with Crippen LogP contribution in [0.3, 0.4) is 0 Å². The first-order valence-corrected chi connectivity index (χ1v) is 6.84. The van der Waals surface area contributed by atoms with E-state index in [1.807, 2.05) is 0 Å². The number of nitrogens with zero attached hydrogens (tertiary/aromatic N) is 2. The van der Waals surface area contributed by atoms with Crippen LogP contribution in [0.5, 0.6) is 0 Å². The Labute approximate surface area is 120 Å². The minimum absolute atomic E-state index is 0.00220. The molecule has 2 fully saturated rings. The molecule has 0 saturated heterocycles. The van der Waals surface area contributed by atoms with Gasteiger partial charge in [-0.2, -0.15) is 4.98 Å². The van der Waals surface area contributed by atoms with Gasteiger partial charge < -0.3 is 16.8 Å². The van der Waals surface area contributed by atoms with Gasteiger partial charge in [-0.05, 0) is 42.3 Å². The third-order valence-electron chi connectivity index (χ3n) is 4.53. The van der Waals surface area contributed by atoms with Gasteiger partial charge in [-0.1, -0.05) is 0 Å². The summed E-state index contributed by atoms with van der Waals surface area (Å²) in [6.45, 7) is 0.553. The number of nitrogens with one attached hydrogen (secondary N) is 1. The Bertz CT molecular complexity index is 557. The largest absolute Gasteiger partial charge is 0.369 e. The molecule has 0 bridgehead atoms. The molecule has 108 valence electrons. The average Bonchev–Trinajstić information content (AvgIpc) is 2.36. The Morgan fingerprint density at radius 1 is 1.60 bits per heavy atom. The highest BCUT2D eigenvalue weighted by Crippen LogP contribution is 2.58. The van der Waals surface area contributed by atoms with Gasteiger partial charge in [0.2, 0.25) is 11.2 Å². The van der Waals surface area contributed by atoms with Crippen molar-refractivity contribution in [2.24, 2.45) is 35.1 Å². The van der Waals surface area contributed by atoms with Crippen LogP contribution >= 0.6 is 11.6 Å². The van der Waals surface area contributed by atoms with Crippen LogP contribution < -0.4 is 16.8 Å². The number of halogens is 2. The quantitative estimate of drug-likeness (QED) is 0.697. The highest BCUT2D eigenvalue weighted by atomic mass is 35.5. The van der Waals surface area contributed by atoms with Crippen LogP contribution in [0.4, 0.5) is 10.2 Å². The normalized spacial score (nSPS) is 34.6. The fraction of sp³-hybridized carbons (Fsp3) is 0.583. The number of rotatable bonds is 4. The smallest absolute Gasteiger partial charge is 0.224 e. The zero-order valence-electron chi connectivity index (χ0n) is 10.6. The predicted molar refractivity (Wildman–Crippen MR) is 71.2 cm³/mol. The molecule has 20 heavy (non-hydrogen) atoms. The van der Waals surface area contributed by atoms with Crippen LogP contribution in [0.15, 0.2) is 6.20 Å². The van der Waals surface area contributed by atoms with Crippen molar-refractivity contribution >= 4 is 23.3 Å². The second kappa shape index (κ2) is 4.82. The molecule has 3 rings (SSSR count). The standard InChI is InChI=1S/C12H15ClFN5O/c13-12-17-3-6(14)11(19-12)18-9-7-4(2-15)1-5(7)8(9)10(16)20/h3-5,7-9H,1-2,15H2,(H2,16,20)(H,17,18,19). The Morgan fingerprint density at radius 3 is 3.00 bits per heavy atom. The van der Waals surface area contributed by atoms with Crippen molar-refractivity contribution in [1.82, 2.24) is 9.97 Å². The predicted octanol–water partition coefficient (Wildman–Crippen LogP) is 0.376. The van der Waals surface area contributed by atoms with Crippen molar-refractivity contribution in [3.8, 4) is 0 Å². The number of amides is 1. The number of hydrogen-bond acceptors (Lipinski definition) is 5. The average molecular weight is 300 g/mol. The Kier molecular flexibility index (Phi) is 3.25. The molecule has 1 aromatic rings. The third-order valence-corrected chi connectivity index (χ3v) is 4.71. The van der Waals surface area contributed by atoms with E-state index < -0.39 is 5.82 Å². The minimum Gasteiger partial charge on any atom is -0.369 e. The molecule has 2 aliphatic rings. The van der Waals surface area contributed by atoms with Gasteiger partial charge in [0.15, 0.2) is 11.6 Å². The molecule has 5 N–H and O–H groups in total. The summed E-state index contributed by atoms with van der Waals surface area (Å²) in [5.41, 5.74) is 11.1. The molecule has 2 aliphatic carbocycles. The van der Waals surface area contributed by atoms with Crippen LogP contribution in [-0.4, -0.2) is 28.5 Å². The molecule has 6 nitrogen and oxygen atoms in total. The van der Waals surface area contributed by atoms with Crippen molar-refractivity contribution in [2.45, 2.75) is 12.5 Å². The molecule has 1 amide bonds. The van der Waals surface area contributed by atoms with Gasteiger partial charge in [-0.25, -0.2) is 9.37 Å². The van der Waals surface area contributed by atoms with Crippen LogP contribution in [0, 0.1) is 29.5 Å². The van der Waals surface area contributed by atoms with Gasteiger partial charge in [0.05, 0.1) is 12.1 Å². The molecule has 2 saturated carbocycles. The van der Waals surface area contributed by atoms with Crippen molar-refractivity contribution in [1.29, 1.82) is 0 Å². The number of nitrogens with two attached hydrogens (primary N) is 2. The summed E-state index contributed by atoms with van der Waals surface area (Å²) in [4.78, 5) is 18.9. The molecular weight excluding hydrogens is 285 g/mol. The molecule has 8 heteroatoms. The van der Waals surface area contributed by atoms with E-state index in [2.05, 4.69) is 15.3 Å². The van der Waals surface area contributed by atoms with Crippen molar-refractivity contribution < 1.29 is 9.18 Å². The van der Waals surface area contributed by atoms with Crippen molar-refractivity contribution in [3.63, 3.8) is 0 Å². The number of hydrogen-bond donors (Lipinski definition) is 3. The second-order valence-corrected chi connectivity index (χ2v) is 5.74. The van der Waals surface area contributed by atoms with Gasteiger partial charge >= 0.3 is 0 Å². The molecule has 5 unspecified atom stereocenters. The van der Waals surface area contributed by atoms with E-state index >= 15 is 0 Å². The van der Waals surface area contributed by atoms with Crippen LogP contribution in [0.2, 0.25) is 5.28 Å². The Hall–Kier alpha value is -1.47. The summed E-state index contributed by atoms with van der Waals surface area (Å²) in [6, 6.07) is -0.236. The lowest BCUT2D eigenvalue weighted by molar-refractivity contribution is -0.148. The van der Waals surface area contributed by atoms with Crippen LogP contribution in [0.25, 0.3) is 0 Å². The van der Waals surface area contributed by atoms with Gasteiger partial charge in [0.25, 0.3) is 0 Å². The number of anilines is 1. The molecule has 0 spiro atoms. The van der Waals surface area contributed by atoms with Crippen LogP contribution in [0.1, 0.15) is 6.42 Å². The fourth-order valence-corrected chi connectivity index (χ4v) is 3.69. The minimum atomic E-state index is -0.607. The SMILES string of the molecule is NCC1CC2C(C(N)=O)C(Nc3nc(Cl)ncc3F)C12. The van der Waals surface area contributed by atoms with Crippen molar-refractivity contribution in [3.05, 3.63) is 17.3 Å². The monoisotopic (exact) mass is 299 g/mol. The van der Waals surface area contributed by atoms with E-state index in [-0.39, 0.29) is 40.8 Å². The van der Waals surface area contributed by atoms with E-state index in [1.54, 1.807) is 0 Å². The first kappa shape index (κ1) is 13.5. The van der Waals surface area contributed by atoms with Crippen LogP contribution in [-0.2, 0) is 4.79 Å². The molecule has 1 aromatic heterocycles. The molecule has 1 heterocycles. The maximum atomic E-state index is 13.7. The zero-order chi connectivity index (χ0) is 14.4. The fourth-order valence-electron chi connectivity index (χ4n) is 3.56. The van der Waals surface area contributed by atoms with Gasteiger partial charge in [-0.3, -0.25) is 4.79 Å². The zero-order valence-corrected chi connectivity index (χ0v) is 11.3. The van der Waals surface area contributed by atoms with Gasteiger partial charge in [-0.15, -0.1) is 0 Å². The number of fused-ring (bicyclic) bond motifs is 1. The molecule has 0 radical (unpaired) electrons. The highest BCUT2D eigenvalue weighted by Gasteiger charge is 2.62. The van der Waals surface area contributed by atoms with E-state index in [0.717, 1.165) is 12.6 Å². The Balaban J connectivity index is 1.80. The first-order valence-electron chi connectivity index (χ1n) is 6.47. The summed E-state index contributed by atoms with van der Waals surface area (Å²) in [5.74, 6) is -0.458.